The number of carbonyl (C=O) groups is 2. The number of carbonyl (C=O) groups excluding carboxylic acids is 1. The number of carboxylic acid groups (broad SMARTS) is 1. The summed E-state index contributed by atoms with van der Waals surface area (Å²) < 4.78 is 0. The first-order chi connectivity index (χ1) is 10.1. The Bertz CT molecular complexity index is 624. The standard InChI is InChI=1S/C16H16N2O3/c17-13-8-6-11(7-9-13)10-14(16(20)21)18-15(19)12-4-2-1-3-5-12/h1-9,14H,10,17H2,(H,18,19)(H,20,21)/t14-/m0/s1. The summed E-state index contributed by atoms with van der Waals surface area (Å²) in [6.07, 6.45) is 0.203. The topological polar surface area (TPSA) is 92.4 Å². The molecule has 0 heterocycles. The molecule has 2 aromatic carbocycles. The van der Waals surface area contributed by atoms with Crippen molar-refractivity contribution in [3.8, 4) is 0 Å². The molecule has 0 aliphatic heterocycles. The summed E-state index contributed by atoms with van der Waals surface area (Å²) in [4.78, 5) is 23.3. The first kappa shape index (κ1) is 14.6. The van der Waals surface area contributed by atoms with Gasteiger partial charge in [0.15, 0.2) is 0 Å². The van der Waals surface area contributed by atoms with Crippen LogP contribution in [0.2, 0.25) is 0 Å². The number of rotatable bonds is 5. The van der Waals surface area contributed by atoms with E-state index in [1.165, 1.54) is 0 Å². The molecule has 0 saturated carbocycles. The highest BCUT2D eigenvalue weighted by Crippen LogP contribution is 2.09. The van der Waals surface area contributed by atoms with Gasteiger partial charge in [-0.25, -0.2) is 4.79 Å². The number of aliphatic carboxylic acids is 1. The van der Waals surface area contributed by atoms with Crippen LogP contribution in [-0.4, -0.2) is 23.0 Å². The zero-order chi connectivity index (χ0) is 15.2. The van der Waals surface area contributed by atoms with Crippen LogP contribution in [0.1, 0.15) is 15.9 Å². The molecule has 2 rings (SSSR count). The number of benzene rings is 2. The molecule has 0 unspecified atom stereocenters. The summed E-state index contributed by atoms with van der Waals surface area (Å²) in [5, 5.41) is 11.8. The van der Waals surface area contributed by atoms with Crippen molar-refractivity contribution in [2.75, 3.05) is 5.73 Å². The molecule has 0 aliphatic rings. The van der Waals surface area contributed by atoms with Crippen molar-refractivity contribution in [3.05, 3.63) is 65.7 Å². The Labute approximate surface area is 122 Å². The maximum absolute atomic E-state index is 12.0. The number of anilines is 1. The van der Waals surface area contributed by atoms with Gasteiger partial charge in [-0.15, -0.1) is 0 Å². The average Bonchev–Trinajstić information content (AvgIpc) is 2.49. The van der Waals surface area contributed by atoms with Crippen LogP contribution in [0.4, 0.5) is 5.69 Å². The summed E-state index contributed by atoms with van der Waals surface area (Å²) in [5.74, 6) is -1.48. The molecule has 0 aliphatic carbocycles. The third-order valence-electron chi connectivity index (χ3n) is 3.06. The minimum Gasteiger partial charge on any atom is -0.480 e. The average molecular weight is 284 g/mol. The molecule has 0 radical (unpaired) electrons. The van der Waals surface area contributed by atoms with Gasteiger partial charge < -0.3 is 16.2 Å². The lowest BCUT2D eigenvalue weighted by Gasteiger charge is -2.14. The van der Waals surface area contributed by atoms with E-state index in [2.05, 4.69) is 5.32 Å². The lowest BCUT2D eigenvalue weighted by molar-refractivity contribution is -0.139. The number of nitrogens with one attached hydrogen (secondary N) is 1. The fourth-order valence-electron chi connectivity index (χ4n) is 1.92. The third-order valence-corrected chi connectivity index (χ3v) is 3.06. The Morgan fingerprint density at radius 1 is 1.05 bits per heavy atom. The molecule has 1 amide bonds. The van der Waals surface area contributed by atoms with Gasteiger partial charge >= 0.3 is 5.97 Å². The normalized spacial score (nSPS) is 11.6. The van der Waals surface area contributed by atoms with Crippen molar-refractivity contribution in [3.63, 3.8) is 0 Å². The van der Waals surface area contributed by atoms with Gasteiger partial charge in [0.25, 0.3) is 5.91 Å². The van der Waals surface area contributed by atoms with E-state index in [1.807, 2.05) is 0 Å². The summed E-state index contributed by atoms with van der Waals surface area (Å²) >= 11 is 0. The maximum atomic E-state index is 12.0. The number of hydrogen-bond acceptors (Lipinski definition) is 3. The van der Waals surface area contributed by atoms with Crippen LogP contribution in [0.5, 0.6) is 0 Å². The van der Waals surface area contributed by atoms with Crippen LogP contribution in [0.25, 0.3) is 0 Å². The van der Waals surface area contributed by atoms with Gasteiger partial charge in [-0.3, -0.25) is 4.79 Å². The molecule has 0 bridgehead atoms. The Kier molecular flexibility index (Phi) is 4.56. The number of amides is 1. The Hall–Kier alpha value is -2.82. The van der Waals surface area contributed by atoms with Gasteiger partial charge in [0.1, 0.15) is 6.04 Å². The first-order valence-corrected chi connectivity index (χ1v) is 6.49. The van der Waals surface area contributed by atoms with Gasteiger partial charge in [0, 0.05) is 17.7 Å². The van der Waals surface area contributed by atoms with Crippen LogP contribution in [0.15, 0.2) is 54.6 Å². The molecule has 0 saturated heterocycles. The molecule has 5 heteroatoms. The van der Waals surface area contributed by atoms with Gasteiger partial charge in [-0.05, 0) is 29.8 Å². The molecule has 1 atom stereocenters. The Balaban J connectivity index is 2.07. The largest absolute Gasteiger partial charge is 0.480 e. The number of nitrogens with two attached hydrogens (primary N) is 1. The van der Waals surface area contributed by atoms with E-state index in [9.17, 15) is 14.7 Å². The summed E-state index contributed by atoms with van der Waals surface area (Å²) in [6, 6.07) is 14.4. The minimum absolute atomic E-state index is 0.203. The van der Waals surface area contributed by atoms with E-state index in [-0.39, 0.29) is 6.42 Å². The van der Waals surface area contributed by atoms with Crippen molar-refractivity contribution in [2.45, 2.75) is 12.5 Å². The van der Waals surface area contributed by atoms with Gasteiger partial charge in [0.05, 0.1) is 0 Å². The fourth-order valence-corrected chi connectivity index (χ4v) is 1.92. The van der Waals surface area contributed by atoms with Crippen LogP contribution in [0.3, 0.4) is 0 Å². The van der Waals surface area contributed by atoms with Gasteiger partial charge in [-0.1, -0.05) is 30.3 Å². The number of carboxylic acids is 1. The molecular weight excluding hydrogens is 268 g/mol. The monoisotopic (exact) mass is 284 g/mol. The maximum Gasteiger partial charge on any atom is 0.326 e. The molecule has 4 N–H and O–H groups in total. The van der Waals surface area contributed by atoms with Crippen LogP contribution in [0, 0.1) is 0 Å². The lowest BCUT2D eigenvalue weighted by atomic mass is 10.0. The molecule has 2 aromatic rings. The first-order valence-electron chi connectivity index (χ1n) is 6.49. The number of nitrogen functional groups attached to an aromatic ring is 1. The van der Waals surface area contributed by atoms with E-state index < -0.39 is 17.9 Å². The van der Waals surface area contributed by atoms with E-state index in [1.54, 1.807) is 54.6 Å². The van der Waals surface area contributed by atoms with Crippen LogP contribution in [-0.2, 0) is 11.2 Å². The second-order valence-corrected chi connectivity index (χ2v) is 4.68. The quantitative estimate of drug-likeness (QED) is 0.728. The molecule has 5 nitrogen and oxygen atoms in total. The van der Waals surface area contributed by atoms with Crippen molar-refractivity contribution >= 4 is 17.6 Å². The van der Waals surface area contributed by atoms with Crippen molar-refractivity contribution in [2.24, 2.45) is 0 Å². The van der Waals surface area contributed by atoms with Crippen LogP contribution >= 0.6 is 0 Å². The Morgan fingerprint density at radius 3 is 2.24 bits per heavy atom. The molecule has 0 spiro atoms. The lowest BCUT2D eigenvalue weighted by Crippen LogP contribution is -2.42. The second kappa shape index (κ2) is 6.56. The second-order valence-electron chi connectivity index (χ2n) is 4.68. The summed E-state index contributed by atoms with van der Waals surface area (Å²) in [6.45, 7) is 0. The summed E-state index contributed by atoms with van der Waals surface area (Å²) in [5.41, 5.74) is 7.43. The Morgan fingerprint density at radius 2 is 1.67 bits per heavy atom. The number of hydrogen-bond donors (Lipinski definition) is 3. The minimum atomic E-state index is -1.07. The van der Waals surface area contributed by atoms with Gasteiger partial charge in [0.2, 0.25) is 0 Å². The van der Waals surface area contributed by atoms with Crippen molar-refractivity contribution in [1.82, 2.24) is 5.32 Å². The highest BCUT2D eigenvalue weighted by molar-refractivity contribution is 5.96. The smallest absolute Gasteiger partial charge is 0.326 e. The molecule has 21 heavy (non-hydrogen) atoms. The highest BCUT2D eigenvalue weighted by atomic mass is 16.4. The van der Waals surface area contributed by atoms with E-state index in [0.29, 0.717) is 11.3 Å². The third kappa shape index (κ3) is 4.07. The zero-order valence-electron chi connectivity index (χ0n) is 11.3. The van der Waals surface area contributed by atoms with E-state index >= 15 is 0 Å². The zero-order valence-corrected chi connectivity index (χ0v) is 11.3. The van der Waals surface area contributed by atoms with Crippen molar-refractivity contribution < 1.29 is 14.7 Å². The van der Waals surface area contributed by atoms with E-state index in [4.69, 9.17) is 5.73 Å². The predicted octanol–water partition coefficient (Wildman–Crippen LogP) is 1.69. The predicted molar refractivity (Wildman–Crippen MR) is 79.9 cm³/mol. The van der Waals surface area contributed by atoms with Crippen LogP contribution < -0.4 is 11.1 Å². The summed E-state index contributed by atoms with van der Waals surface area (Å²) in [7, 11) is 0. The molecular formula is C16H16N2O3. The van der Waals surface area contributed by atoms with E-state index in [0.717, 1.165) is 5.56 Å². The van der Waals surface area contributed by atoms with Gasteiger partial charge in [-0.2, -0.15) is 0 Å². The molecule has 0 fully saturated rings. The molecule has 0 aromatic heterocycles. The fraction of sp³-hybridized carbons (Fsp3) is 0.125. The van der Waals surface area contributed by atoms with Crippen molar-refractivity contribution in [1.29, 1.82) is 0 Å². The highest BCUT2D eigenvalue weighted by Gasteiger charge is 2.20. The SMILES string of the molecule is Nc1ccc(C[C@H](NC(=O)c2ccccc2)C(=O)O)cc1. The molecule has 108 valence electrons.